The predicted molar refractivity (Wildman–Crippen MR) is 63.8 cm³/mol. The lowest BCUT2D eigenvalue weighted by atomic mass is 10.0. The Labute approximate surface area is 96.1 Å². The summed E-state index contributed by atoms with van der Waals surface area (Å²) in [7, 11) is 0. The summed E-state index contributed by atoms with van der Waals surface area (Å²) < 4.78 is 0. The Morgan fingerprint density at radius 1 is 1.06 bits per heavy atom. The molecule has 3 rings (SSSR count). The molecule has 4 nitrogen and oxygen atoms in total. The van der Waals surface area contributed by atoms with Crippen LogP contribution in [-0.2, 0) is 12.8 Å². The number of anilines is 1. The molecule has 1 N–H and O–H groups in total. The number of fused-ring (bicyclic) bond motifs is 1. The zero-order valence-electron chi connectivity index (χ0n) is 9.58. The fraction of sp³-hybridized carbons (Fsp3) is 0.667. The Balaban J connectivity index is 1.84. The van der Waals surface area contributed by atoms with Crippen molar-refractivity contribution in [3.8, 4) is 0 Å². The fourth-order valence-corrected chi connectivity index (χ4v) is 2.48. The van der Waals surface area contributed by atoms with Gasteiger partial charge in [-0.1, -0.05) is 0 Å². The van der Waals surface area contributed by atoms with Gasteiger partial charge in [-0.3, -0.25) is 4.98 Å². The molecule has 0 radical (unpaired) electrons. The first-order valence-corrected chi connectivity index (χ1v) is 6.24. The van der Waals surface area contributed by atoms with Crippen molar-refractivity contribution in [2.75, 3.05) is 31.1 Å². The van der Waals surface area contributed by atoms with Gasteiger partial charge in [-0.25, -0.2) is 4.98 Å². The summed E-state index contributed by atoms with van der Waals surface area (Å²) in [6, 6.07) is 0. The number of aromatic nitrogens is 2. The van der Waals surface area contributed by atoms with E-state index in [1.54, 1.807) is 0 Å². The molecular formula is C12H18N4. The molecule has 1 aliphatic heterocycles. The molecule has 1 aromatic rings. The van der Waals surface area contributed by atoms with Gasteiger partial charge < -0.3 is 10.2 Å². The van der Waals surface area contributed by atoms with Gasteiger partial charge in [0, 0.05) is 26.2 Å². The molecule has 86 valence electrons. The molecule has 0 amide bonds. The van der Waals surface area contributed by atoms with Crippen LogP contribution >= 0.6 is 0 Å². The van der Waals surface area contributed by atoms with Gasteiger partial charge in [0.25, 0.3) is 0 Å². The van der Waals surface area contributed by atoms with Gasteiger partial charge in [-0.15, -0.1) is 0 Å². The first-order chi connectivity index (χ1) is 7.93. The molecule has 16 heavy (non-hydrogen) atoms. The van der Waals surface area contributed by atoms with Gasteiger partial charge in [0.05, 0.1) is 17.6 Å². The highest BCUT2D eigenvalue weighted by atomic mass is 15.2. The molecule has 4 heteroatoms. The molecule has 0 atom stereocenters. The molecule has 0 unspecified atom stereocenters. The fourth-order valence-electron chi connectivity index (χ4n) is 2.48. The van der Waals surface area contributed by atoms with Gasteiger partial charge in [-0.2, -0.15) is 0 Å². The van der Waals surface area contributed by atoms with Crippen molar-refractivity contribution < 1.29 is 0 Å². The van der Waals surface area contributed by atoms with E-state index in [0.29, 0.717) is 0 Å². The maximum absolute atomic E-state index is 4.77. The van der Waals surface area contributed by atoms with Crippen LogP contribution in [0.25, 0.3) is 0 Å². The summed E-state index contributed by atoms with van der Waals surface area (Å²) in [4.78, 5) is 11.7. The number of hydrogen-bond acceptors (Lipinski definition) is 4. The average molecular weight is 218 g/mol. The molecule has 0 aromatic carbocycles. The third-order valence-corrected chi connectivity index (χ3v) is 3.44. The van der Waals surface area contributed by atoms with E-state index in [0.717, 1.165) is 44.8 Å². The van der Waals surface area contributed by atoms with Crippen molar-refractivity contribution >= 4 is 5.82 Å². The van der Waals surface area contributed by atoms with E-state index in [4.69, 9.17) is 4.98 Å². The molecule has 2 aliphatic rings. The summed E-state index contributed by atoms with van der Waals surface area (Å²) in [5.74, 6) is 1.07. The van der Waals surface area contributed by atoms with E-state index < -0.39 is 0 Å². The summed E-state index contributed by atoms with van der Waals surface area (Å²) in [6.45, 7) is 4.21. The van der Waals surface area contributed by atoms with Crippen molar-refractivity contribution in [2.24, 2.45) is 0 Å². The summed E-state index contributed by atoms with van der Waals surface area (Å²) in [5.41, 5.74) is 2.47. The van der Waals surface area contributed by atoms with Crippen LogP contribution in [0.2, 0.25) is 0 Å². The van der Waals surface area contributed by atoms with Gasteiger partial charge in [0.2, 0.25) is 0 Å². The Morgan fingerprint density at radius 2 is 1.81 bits per heavy atom. The van der Waals surface area contributed by atoms with Gasteiger partial charge in [-0.05, 0) is 25.7 Å². The van der Waals surface area contributed by atoms with E-state index in [2.05, 4.69) is 15.2 Å². The van der Waals surface area contributed by atoms with Crippen LogP contribution in [-0.4, -0.2) is 36.1 Å². The lowest BCUT2D eigenvalue weighted by molar-refractivity contribution is 0.579. The average Bonchev–Trinajstić information content (AvgIpc) is 2.39. The van der Waals surface area contributed by atoms with Gasteiger partial charge in [0.1, 0.15) is 5.82 Å². The second-order valence-electron chi connectivity index (χ2n) is 4.57. The van der Waals surface area contributed by atoms with Crippen molar-refractivity contribution in [1.82, 2.24) is 15.3 Å². The minimum absolute atomic E-state index is 1.05. The van der Waals surface area contributed by atoms with Crippen LogP contribution in [0.15, 0.2) is 6.20 Å². The maximum Gasteiger partial charge on any atom is 0.147 e. The number of aryl methyl sites for hydroxylation is 2. The Kier molecular flexibility index (Phi) is 2.74. The number of piperazine rings is 1. The van der Waals surface area contributed by atoms with Crippen LogP contribution in [0.4, 0.5) is 5.82 Å². The van der Waals surface area contributed by atoms with Crippen molar-refractivity contribution in [3.63, 3.8) is 0 Å². The number of nitrogens with zero attached hydrogens (tertiary/aromatic N) is 3. The second kappa shape index (κ2) is 4.37. The molecule has 0 bridgehead atoms. The summed E-state index contributed by atoms with van der Waals surface area (Å²) >= 11 is 0. The number of nitrogens with one attached hydrogen (secondary N) is 1. The van der Waals surface area contributed by atoms with Gasteiger partial charge in [0.15, 0.2) is 0 Å². The molecule has 0 saturated carbocycles. The number of rotatable bonds is 1. The smallest absolute Gasteiger partial charge is 0.147 e. The first-order valence-electron chi connectivity index (χ1n) is 6.24. The largest absolute Gasteiger partial charge is 0.353 e. The van der Waals surface area contributed by atoms with E-state index in [1.165, 1.54) is 24.2 Å². The topological polar surface area (TPSA) is 41.1 Å². The lowest BCUT2D eigenvalue weighted by Crippen LogP contribution is -2.44. The second-order valence-corrected chi connectivity index (χ2v) is 4.57. The van der Waals surface area contributed by atoms with Crippen LogP contribution in [0.5, 0.6) is 0 Å². The molecule has 0 spiro atoms. The van der Waals surface area contributed by atoms with Crippen molar-refractivity contribution in [3.05, 3.63) is 17.6 Å². The monoisotopic (exact) mass is 218 g/mol. The predicted octanol–water partition coefficient (Wildman–Crippen LogP) is 0.765. The van der Waals surface area contributed by atoms with Crippen molar-refractivity contribution in [2.45, 2.75) is 25.7 Å². The first kappa shape index (κ1) is 10.0. The molecule has 2 heterocycles. The normalized spacial score (nSPS) is 20.6. The molecule has 1 fully saturated rings. The molecular weight excluding hydrogens is 200 g/mol. The Hall–Kier alpha value is -1.16. The minimum atomic E-state index is 1.05. The van der Waals surface area contributed by atoms with Crippen LogP contribution in [0.1, 0.15) is 24.2 Å². The standard InChI is InChI=1S/C12H18N4/c1-2-4-11-10(3-1)14-9-12(15-11)16-7-5-13-6-8-16/h9,13H,1-8H2. The highest BCUT2D eigenvalue weighted by Crippen LogP contribution is 2.20. The van der Waals surface area contributed by atoms with Crippen molar-refractivity contribution in [1.29, 1.82) is 0 Å². The van der Waals surface area contributed by atoms with E-state index in [-0.39, 0.29) is 0 Å². The third kappa shape index (κ3) is 1.89. The SMILES string of the molecule is c1nc2c(nc1N1CCNCC1)CCCC2. The zero-order valence-corrected chi connectivity index (χ0v) is 9.58. The number of hydrogen-bond donors (Lipinski definition) is 1. The lowest BCUT2D eigenvalue weighted by Gasteiger charge is -2.29. The molecule has 1 aromatic heterocycles. The summed E-state index contributed by atoms with van der Waals surface area (Å²) in [6.07, 6.45) is 6.73. The van der Waals surface area contributed by atoms with E-state index in [9.17, 15) is 0 Å². The van der Waals surface area contributed by atoms with Crippen LogP contribution < -0.4 is 10.2 Å². The highest BCUT2D eigenvalue weighted by Gasteiger charge is 2.16. The van der Waals surface area contributed by atoms with Gasteiger partial charge >= 0.3 is 0 Å². The minimum Gasteiger partial charge on any atom is -0.353 e. The molecule has 1 aliphatic carbocycles. The third-order valence-electron chi connectivity index (χ3n) is 3.44. The quantitative estimate of drug-likeness (QED) is 0.756. The van der Waals surface area contributed by atoms with Crippen LogP contribution in [0, 0.1) is 0 Å². The Morgan fingerprint density at radius 3 is 2.62 bits per heavy atom. The maximum atomic E-state index is 4.77. The highest BCUT2D eigenvalue weighted by molar-refractivity contribution is 5.39. The molecule has 1 saturated heterocycles. The Bertz CT molecular complexity index is 371. The summed E-state index contributed by atoms with van der Waals surface area (Å²) in [5, 5.41) is 3.36. The zero-order chi connectivity index (χ0) is 10.8. The van der Waals surface area contributed by atoms with E-state index >= 15 is 0 Å². The van der Waals surface area contributed by atoms with Crippen LogP contribution in [0.3, 0.4) is 0 Å². The van der Waals surface area contributed by atoms with E-state index in [1.807, 2.05) is 6.20 Å².